The van der Waals surface area contributed by atoms with Crippen LogP contribution in [0.15, 0.2) is 66.5 Å². The molecule has 0 N–H and O–H groups in total. The van der Waals surface area contributed by atoms with Gasteiger partial charge in [0.2, 0.25) is 0 Å². The van der Waals surface area contributed by atoms with Gasteiger partial charge in [-0.1, -0.05) is 45.0 Å². The van der Waals surface area contributed by atoms with E-state index in [0.29, 0.717) is 17.9 Å². The number of hydrogen-bond donors (Lipinski definition) is 0. The van der Waals surface area contributed by atoms with E-state index in [-0.39, 0.29) is 53.4 Å². The second-order valence-electron chi connectivity index (χ2n) is 7.49. The molecule has 0 fully saturated rings. The largest absolute Gasteiger partial charge is 0.462 e. The Morgan fingerprint density at radius 2 is 1.03 bits per heavy atom. The molecule has 0 aliphatic heterocycles. The zero-order chi connectivity index (χ0) is 27.9. The summed E-state index contributed by atoms with van der Waals surface area (Å²) in [4.78, 5) is 49.3. The maximum atomic E-state index is 12.7. The van der Waals surface area contributed by atoms with Crippen LogP contribution in [0.25, 0.3) is 0 Å². The molecule has 0 unspecified atom stereocenters. The van der Waals surface area contributed by atoms with Gasteiger partial charge in [-0.15, -0.1) is 0 Å². The smallest absolute Gasteiger partial charge is 0.342 e. The van der Waals surface area contributed by atoms with E-state index in [1.54, 1.807) is 12.1 Å². The summed E-state index contributed by atoms with van der Waals surface area (Å²) in [5, 5.41) is 0. The van der Waals surface area contributed by atoms with E-state index in [0.717, 1.165) is 0 Å². The summed E-state index contributed by atoms with van der Waals surface area (Å²) in [5.74, 6) is -2.91. The second-order valence-corrected chi connectivity index (χ2v) is 11.0. The van der Waals surface area contributed by atoms with E-state index in [1.807, 2.05) is 0 Å². The normalized spacial score (nSPS) is 10.3. The van der Waals surface area contributed by atoms with Gasteiger partial charge in [0.25, 0.3) is 0 Å². The van der Waals surface area contributed by atoms with Crippen LogP contribution in [0.2, 0.25) is 0 Å². The highest BCUT2D eigenvalue weighted by Crippen LogP contribution is 2.35. The third-order valence-corrected chi connectivity index (χ3v) is 6.39. The first-order valence-electron chi connectivity index (χ1n) is 10.4. The van der Waals surface area contributed by atoms with Crippen molar-refractivity contribution in [2.24, 2.45) is 0 Å². The zero-order valence-electron chi connectivity index (χ0n) is 19.6. The lowest BCUT2D eigenvalue weighted by atomic mass is 10.2. The van der Waals surface area contributed by atoms with E-state index in [9.17, 15) is 19.2 Å². The fourth-order valence-electron chi connectivity index (χ4n) is 2.54. The molecule has 0 aromatic heterocycles. The van der Waals surface area contributed by atoms with Crippen molar-refractivity contribution in [1.29, 1.82) is 0 Å². The molecule has 196 valence electrons. The van der Waals surface area contributed by atoms with Gasteiger partial charge in [0.05, 0.1) is 22.2 Å². The maximum Gasteiger partial charge on any atom is 0.342 e. The molecule has 12 heteroatoms. The van der Waals surface area contributed by atoms with Crippen LogP contribution in [0.5, 0.6) is 11.5 Å². The average Bonchev–Trinajstić information content (AvgIpc) is 2.81. The molecule has 0 amide bonds. The molecule has 2 aromatic rings. The minimum atomic E-state index is -0.747. The number of rotatable bonds is 10. The lowest BCUT2D eigenvalue weighted by molar-refractivity contribution is -0.131. The SMILES string of the molecule is C=C(C)C(=O)Oc1c(Br)cc(Br)cc1C(=O)OCCCOC(=O)c1cc(Br)cc(Br)c1OC(=O)C(=C)C. The van der Waals surface area contributed by atoms with E-state index in [1.165, 1.54) is 26.0 Å². The summed E-state index contributed by atoms with van der Waals surface area (Å²) < 4.78 is 22.9. The van der Waals surface area contributed by atoms with Gasteiger partial charge in [-0.3, -0.25) is 0 Å². The second kappa shape index (κ2) is 14.0. The summed E-state index contributed by atoms with van der Waals surface area (Å²) in [6.07, 6.45) is 0.170. The van der Waals surface area contributed by atoms with E-state index >= 15 is 0 Å². The number of halogens is 4. The van der Waals surface area contributed by atoms with Crippen molar-refractivity contribution in [2.45, 2.75) is 20.3 Å². The summed E-state index contributed by atoms with van der Waals surface area (Å²) >= 11 is 13.1. The van der Waals surface area contributed by atoms with Gasteiger partial charge in [0.1, 0.15) is 11.1 Å². The van der Waals surface area contributed by atoms with Crippen molar-refractivity contribution < 1.29 is 38.1 Å². The van der Waals surface area contributed by atoms with Gasteiger partial charge < -0.3 is 18.9 Å². The number of ether oxygens (including phenoxy) is 4. The van der Waals surface area contributed by atoms with E-state index in [4.69, 9.17) is 18.9 Å². The highest BCUT2D eigenvalue weighted by Gasteiger charge is 2.23. The fourth-order valence-corrected chi connectivity index (χ4v) is 5.15. The lowest BCUT2D eigenvalue weighted by Gasteiger charge is -2.13. The van der Waals surface area contributed by atoms with Crippen LogP contribution < -0.4 is 9.47 Å². The van der Waals surface area contributed by atoms with Crippen LogP contribution in [0, 0.1) is 0 Å². The molecular formula is C25H20Br4O8. The van der Waals surface area contributed by atoms with Gasteiger partial charge in [-0.05, 0) is 70.0 Å². The molecule has 0 bridgehead atoms. The van der Waals surface area contributed by atoms with Crippen molar-refractivity contribution in [3.63, 3.8) is 0 Å². The minimum absolute atomic E-state index is 0.00954. The van der Waals surface area contributed by atoms with Crippen molar-refractivity contribution in [2.75, 3.05) is 13.2 Å². The Morgan fingerprint density at radius 3 is 1.35 bits per heavy atom. The first-order valence-corrected chi connectivity index (χ1v) is 13.6. The molecular weight excluding hydrogens is 748 g/mol. The number of benzene rings is 2. The first kappa shape index (κ1) is 30.9. The van der Waals surface area contributed by atoms with Crippen molar-refractivity contribution >= 4 is 87.6 Å². The molecule has 0 spiro atoms. The topological polar surface area (TPSA) is 105 Å². The number of carbonyl (C=O) groups excluding carboxylic acids is 4. The quantitative estimate of drug-likeness (QED) is 0.109. The standard InChI is InChI=1S/C25H20Br4O8/c1-12(2)22(30)36-20-16(8-14(26)10-18(20)28)24(32)34-6-5-7-35-25(33)17-9-15(27)11-19(29)21(17)37-23(31)13(3)4/h8-11H,1,3,5-7H2,2,4H3. The molecule has 0 saturated heterocycles. The molecule has 2 rings (SSSR count). The number of esters is 4. The van der Waals surface area contributed by atoms with Crippen LogP contribution in [0.3, 0.4) is 0 Å². The Bertz CT molecular complexity index is 1190. The van der Waals surface area contributed by atoms with E-state index < -0.39 is 23.9 Å². The first-order chi connectivity index (χ1) is 17.3. The third-order valence-electron chi connectivity index (χ3n) is 4.30. The van der Waals surface area contributed by atoms with Crippen molar-refractivity contribution in [3.8, 4) is 11.5 Å². The Kier molecular flexibility index (Phi) is 11.7. The Hall–Kier alpha value is -2.28. The Morgan fingerprint density at radius 1 is 0.676 bits per heavy atom. The maximum absolute atomic E-state index is 12.7. The number of hydrogen-bond acceptors (Lipinski definition) is 8. The predicted molar refractivity (Wildman–Crippen MR) is 150 cm³/mol. The van der Waals surface area contributed by atoms with Crippen LogP contribution >= 0.6 is 63.7 Å². The van der Waals surface area contributed by atoms with Gasteiger partial charge in [-0.2, -0.15) is 0 Å². The van der Waals surface area contributed by atoms with Crippen LogP contribution in [0.4, 0.5) is 0 Å². The predicted octanol–water partition coefficient (Wildman–Crippen LogP) is 7.10. The monoisotopic (exact) mass is 764 g/mol. The van der Waals surface area contributed by atoms with Crippen LogP contribution in [-0.2, 0) is 19.1 Å². The average molecular weight is 768 g/mol. The molecule has 0 aliphatic carbocycles. The molecule has 0 radical (unpaired) electrons. The fraction of sp³-hybridized carbons (Fsp3) is 0.200. The van der Waals surface area contributed by atoms with Gasteiger partial charge >= 0.3 is 23.9 Å². The number of carbonyl (C=O) groups is 4. The molecule has 0 saturated carbocycles. The minimum Gasteiger partial charge on any atom is -0.462 e. The van der Waals surface area contributed by atoms with Crippen molar-refractivity contribution in [1.82, 2.24) is 0 Å². The third kappa shape index (κ3) is 8.91. The molecule has 2 aromatic carbocycles. The van der Waals surface area contributed by atoms with Gasteiger partial charge in [-0.25, -0.2) is 19.2 Å². The summed E-state index contributed by atoms with van der Waals surface area (Å²) in [5.41, 5.74) is 0.337. The van der Waals surface area contributed by atoms with Crippen molar-refractivity contribution in [3.05, 3.63) is 77.6 Å². The molecule has 0 heterocycles. The highest BCUT2D eigenvalue weighted by molar-refractivity contribution is 9.11. The lowest BCUT2D eigenvalue weighted by Crippen LogP contribution is -2.16. The van der Waals surface area contributed by atoms with Crippen LogP contribution in [-0.4, -0.2) is 37.1 Å². The van der Waals surface area contributed by atoms with Gasteiger partial charge in [0, 0.05) is 26.5 Å². The van der Waals surface area contributed by atoms with Crippen LogP contribution in [0.1, 0.15) is 41.0 Å². The summed E-state index contributed by atoms with van der Waals surface area (Å²) in [6.45, 7) is 9.83. The molecule has 8 nitrogen and oxygen atoms in total. The molecule has 0 aliphatic rings. The Balaban J connectivity index is 2.02. The molecule has 0 atom stereocenters. The van der Waals surface area contributed by atoms with Gasteiger partial charge in [0.15, 0.2) is 11.5 Å². The Labute approximate surface area is 246 Å². The van der Waals surface area contributed by atoms with E-state index in [2.05, 4.69) is 76.9 Å². The molecule has 37 heavy (non-hydrogen) atoms. The summed E-state index contributed by atoms with van der Waals surface area (Å²) in [7, 11) is 0. The highest BCUT2D eigenvalue weighted by atomic mass is 79.9. The summed E-state index contributed by atoms with van der Waals surface area (Å²) in [6, 6.07) is 6.12. The zero-order valence-corrected chi connectivity index (χ0v) is 26.0.